The van der Waals surface area contributed by atoms with Crippen LogP contribution in [0.5, 0.6) is 0 Å². The van der Waals surface area contributed by atoms with E-state index in [0.29, 0.717) is 21.3 Å². The van der Waals surface area contributed by atoms with Gasteiger partial charge in [-0.05, 0) is 52.3 Å². The van der Waals surface area contributed by atoms with Gasteiger partial charge >= 0.3 is 0 Å². The molecule has 0 spiro atoms. The van der Waals surface area contributed by atoms with E-state index in [9.17, 15) is 18.1 Å². The smallest absolute Gasteiger partial charge is 0.216 e. The number of aromatic nitrogens is 1. The molecule has 1 N–H and O–H groups in total. The van der Waals surface area contributed by atoms with Crippen LogP contribution < -0.4 is 0 Å². The maximum atomic E-state index is 14.2. The Labute approximate surface area is 181 Å². The molecule has 4 rings (SSSR count). The van der Waals surface area contributed by atoms with Crippen molar-refractivity contribution in [3.8, 4) is 17.3 Å². The Kier molecular flexibility index (Phi) is 5.29. The Balaban J connectivity index is 1.98. The molecule has 0 aliphatic rings. The van der Waals surface area contributed by atoms with Crippen LogP contribution in [0.2, 0.25) is 0 Å². The number of hydrogen-bond donors (Lipinski definition) is 1. The lowest BCUT2D eigenvalue weighted by Gasteiger charge is -2.06. The molecule has 30 heavy (non-hydrogen) atoms. The van der Waals surface area contributed by atoms with Gasteiger partial charge < -0.3 is 4.98 Å². The molecule has 0 amide bonds. The first-order valence-electron chi connectivity index (χ1n) is 8.90. The minimum Gasteiger partial charge on any atom is -0.354 e. The molecular weight excluding hydrogens is 467 g/mol. The zero-order valence-electron chi connectivity index (χ0n) is 15.4. The van der Waals surface area contributed by atoms with E-state index in [-0.39, 0.29) is 4.90 Å². The number of nitrogens with zero attached hydrogens (tertiary/aromatic N) is 1. The maximum absolute atomic E-state index is 14.2. The fourth-order valence-corrected chi connectivity index (χ4v) is 4.63. The van der Waals surface area contributed by atoms with Crippen molar-refractivity contribution in [2.24, 2.45) is 0 Å². The number of allylic oxidation sites excluding steroid dienone is 1. The molecule has 0 unspecified atom stereocenters. The molecule has 7 heteroatoms. The van der Waals surface area contributed by atoms with Crippen LogP contribution in [0.25, 0.3) is 28.2 Å². The van der Waals surface area contributed by atoms with Crippen LogP contribution in [0.15, 0.2) is 87.1 Å². The lowest BCUT2D eigenvalue weighted by molar-refractivity contribution is 0.603. The van der Waals surface area contributed by atoms with Crippen molar-refractivity contribution in [2.75, 3.05) is 0 Å². The summed E-state index contributed by atoms with van der Waals surface area (Å²) in [5, 5.41) is 10.4. The topological polar surface area (TPSA) is 73.7 Å². The number of nitrogens with one attached hydrogen (secondary N) is 1. The number of benzene rings is 3. The van der Waals surface area contributed by atoms with Crippen molar-refractivity contribution in [3.63, 3.8) is 0 Å². The van der Waals surface area contributed by atoms with E-state index < -0.39 is 20.6 Å². The van der Waals surface area contributed by atoms with Crippen LogP contribution in [-0.4, -0.2) is 13.4 Å². The summed E-state index contributed by atoms with van der Waals surface area (Å²) in [5.74, 6) is -0.446. The highest BCUT2D eigenvalue weighted by molar-refractivity contribution is 9.10. The Morgan fingerprint density at radius 2 is 1.73 bits per heavy atom. The van der Waals surface area contributed by atoms with Crippen molar-refractivity contribution in [2.45, 2.75) is 4.90 Å². The number of halogens is 2. The molecule has 0 saturated heterocycles. The van der Waals surface area contributed by atoms with Gasteiger partial charge in [0.1, 0.15) is 16.8 Å². The molecule has 0 atom stereocenters. The van der Waals surface area contributed by atoms with Gasteiger partial charge in [0.05, 0.1) is 15.1 Å². The van der Waals surface area contributed by atoms with Crippen LogP contribution in [0, 0.1) is 17.1 Å². The maximum Gasteiger partial charge on any atom is 0.216 e. The molecule has 0 aliphatic carbocycles. The highest BCUT2D eigenvalue weighted by Crippen LogP contribution is 2.34. The fraction of sp³-hybridized carbons (Fsp3) is 0. The van der Waals surface area contributed by atoms with Crippen molar-refractivity contribution >= 4 is 42.7 Å². The van der Waals surface area contributed by atoms with E-state index in [0.717, 1.165) is 10.9 Å². The van der Waals surface area contributed by atoms with Crippen molar-refractivity contribution in [3.05, 3.63) is 93.6 Å². The zero-order chi connectivity index (χ0) is 21.3. The van der Waals surface area contributed by atoms with E-state index in [4.69, 9.17) is 0 Å². The van der Waals surface area contributed by atoms with Crippen LogP contribution >= 0.6 is 15.9 Å². The molecule has 1 aromatic heterocycles. The summed E-state index contributed by atoms with van der Waals surface area (Å²) in [7, 11) is -4.01. The number of hydrogen-bond acceptors (Lipinski definition) is 3. The fourth-order valence-electron chi connectivity index (χ4n) is 3.22. The van der Waals surface area contributed by atoms with Crippen LogP contribution in [-0.2, 0) is 9.84 Å². The minimum atomic E-state index is -4.01. The molecule has 0 aliphatic heterocycles. The predicted octanol–water partition coefficient (Wildman–Crippen LogP) is 6.07. The van der Waals surface area contributed by atoms with Gasteiger partial charge in [0.2, 0.25) is 9.84 Å². The standard InChI is InChI=1S/C23H14BrFN2O2S/c24-20-11-10-15(12-21(20)25)23-19(18-8-4-5-9-22(18)27-23)13-17(14-26)30(28,29)16-6-2-1-3-7-16/h1-13,27H/b17-13-. The Morgan fingerprint density at radius 1 is 1.03 bits per heavy atom. The van der Waals surface area contributed by atoms with Crippen LogP contribution in [0.3, 0.4) is 0 Å². The summed E-state index contributed by atoms with van der Waals surface area (Å²) >= 11 is 3.14. The Hall–Kier alpha value is -3.21. The average molecular weight is 481 g/mol. The number of fused-ring (bicyclic) bond motifs is 1. The molecule has 0 radical (unpaired) electrons. The number of para-hydroxylation sites is 1. The zero-order valence-corrected chi connectivity index (χ0v) is 17.8. The largest absolute Gasteiger partial charge is 0.354 e. The molecule has 4 aromatic rings. The summed E-state index contributed by atoms with van der Waals surface area (Å²) in [6.45, 7) is 0. The molecule has 148 valence electrons. The molecule has 0 saturated carbocycles. The van der Waals surface area contributed by atoms with Crippen molar-refractivity contribution < 1.29 is 12.8 Å². The van der Waals surface area contributed by atoms with E-state index >= 15 is 0 Å². The van der Waals surface area contributed by atoms with E-state index in [2.05, 4.69) is 20.9 Å². The number of nitriles is 1. The van der Waals surface area contributed by atoms with Gasteiger partial charge in [-0.1, -0.05) is 42.5 Å². The first-order valence-corrected chi connectivity index (χ1v) is 11.2. The molecule has 3 aromatic carbocycles. The number of H-pyrrole nitrogens is 1. The summed E-state index contributed by atoms with van der Waals surface area (Å²) in [4.78, 5) is 2.86. The highest BCUT2D eigenvalue weighted by atomic mass is 79.9. The lowest BCUT2D eigenvalue weighted by atomic mass is 10.0. The highest BCUT2D eigenvalue weighted by Gasteiger charge is 2.22. The van der Waals surface area contributed by atoms with Gasteiger partial charge in [-0.15, -0.1) is 0 Å². The van der Waals surface area contributed by atoms with E-state index in [1.807, 2.05) is 30.3 Å². The minimum absolute atomic E-state index is 0.0360. The second kappa shape index (κ2) is 7.90. The third-order valence-corrected chi connectivity index (χ3v) is 7.01. The monoisotopic (exact) mass is 480 g/mol. The third kappa shape index (κ3) is 3.56. The predicted molar refractivity (Wildman–Crippen MR) is 119 cm³/mol. The van der Waals surface area contributed by atoms with Gasteiger partial charge in [0.15, 0.2) is 0 Å². The first-order chi connectivity index (χ1) is 14.4. The second-order valence-corrected chi connectivity index (χ2v) is 9.30. The van der Waals surface area contributed by atoms with Gasteiger partial charge in [-0.25, -0.2) is 12.8 Å². The van der Waals surface area contributed by atoms with E-state index in [1.165, 1.54) is 24.3 Å². The van der Waals surface area contributed by atoms with Crippen molar-refractivity contribution in [1.82, 2.24) is 4.98 Å². The molecule has 0 fully saturated rings. The number of aromatic amines is 1. The molecule has 1 heterocycles. The number of sulfone groups is 1. The normalized spacial score (nSPS) is 12.1. The summed E-state index contributed by atoms with van der Waals surface area (Å²) in [5.41, 5.74) is 2.31. The van der Waals surface area contributed by atoms with Gasteiger partial charge in [-0.2, -0.15) is 5.26 Å². The first kappa shape index (κ1) is 20.1. The average Bonchev–Trinajstić information content (AvgIpc) is 3.13. The molecular formula is C23H14BrFN2O2S. The summed E-state index contributed by atoms with van der Waals surface area (Å²) in [6, 6.07) is 21.6. The lowest BCUT2D eigenvalue weighted by Crippen LogP contribution is -2.03. The summed E-state index contributed by atoms with van der Waals surface area (Å²) in [6.07, 6.45) is 1.34. The van der Waals surface area contributed by atoms with Crippen LogP contribution in [0.4, 0.5) is 4.39 Å². The summed E-state index contributed by atoms with van der Waals surface area (Å²) < 4.78 is 40.5. The van der Waals surface area contributed by atoms with Crippen LogP contribution in [0.1, 0.15) is 5.56 Å². The Morgan fingerprint density at radius 3 is 2.43 bits per heavy atom. The SMILES string of the molecule is N#C/C(=C/c1c(-c2ccc(Br)c(F)c2)[nH]c2ccccc12)S(=O)(=O)c1ccccc1. The van der Waals surface area contributed by atoms with Crippen molar-refractivity contribution in [1.29, 1.82) is 5.26 Å². The Bertz CT molecular complexity index is 1440. The molecule has 4 nitrogen and oxygen atoms in total. The van der Waals surface area contributed by atoms with E-state index in [1.54, 1.807) is 30.3 Å². The molecule has 0 bridgehead atoms. The third-order valence-electron chi connectivity index (χ3n) is 4.68. The second-order valence-electron chi connectivity index (χ2n) is 6.53. The van der Waals surface area contributed by atoms with Gasteiger partial charge in [0.25, 0.3) is 0 Å². The number of rotatable bonds is 4. The van der Waals surface area contributed by atoms with Gasteiger partial charge in [0, 0.05) is 22.0 Å². The quantitative estimate of drug-likeness (QED) is 0.360. The van der Waals surface area contributed by atoms with Gasteiger partial charge in [-0.3, -0.25) is 0 Å².